The molecule has 1 aromatic carbocycles. The van der Waals surface area contributed by atoms with Crippen LogP contribution in [0.3, 0.4) is 0 Å². The van der Waals surface area contributed by atoms with Crippen LogP contribution in [0.15, 0.2) is 24.3 Å². The Bertz CT molecular complexity index is 1060. The van der Waals surface area contributed by atoms with Gasteiger partial charge in [0.25, 0.3) is 5.91 Å². The first kappa shape index (κ1) is 26.2. The van der Waals surface area contributed by atoms with Gasteiger partial charge >= 0.3 is 12.1 Å². The second-order valence-electron chi connectivity index (χ2n) is 9.90. The Kier molecular flexibility index (Phi) is 8.19. The van der Waals surface area contributed by atoms with E-state index in [1.807, 2.05) is 68.5 Å². The lowest BCUT2D eigenvalue weighted by atomic mass is 10.0. The van der Waals surface area contributed by atoms with E-state index in [4.69, 9.17) is 9.47 Å². The first-order chi connectivity index (χ1) is 16.5. The van der Waals surface area contributed by atoms with Crippen molar-refractivity contribution in [3.63, 3.8) is 0 Å². The monoisotopic (exact) mass is 484 g/mol. The van der Waals surface area contributed by atoms with E-state index < -0.39 is 11.7 Å². The zero-order valence-electron chi connectivity index (χ0n) is 21.5. The third-order valence-electron chi connectivity index (χ3n) is 6.11. The van der Waals surface area contributed by atoms with Crippen LogP contribution >= 0.6 is 0 Å². The maximum absolute atomic E-state index is 13.0. The summed E-state index contributed by atoms with van der Waals surface area (Å²) in [5, 5.41) is 7.52. The Morgan fingerprint density at radius 1 is 1.09 bits per heavy atom. The second kappa shape index (κ2) is 10.9. The minimum atomic E-state index is -0.537. The van der Waals surface area contributed by atoms with Crippen LogP contribution in [-0.2, 0) is 20.7 Å². The van der Waals surface area contributed by atoms with Gasteiger partial charge in [0.1, 0.15) is 5.60 Å². The number of ether oxygens (including phenoxy) is 2. The molecule has 1 aliphatic heterocycles. The highest BCUT2D eigenvalue weighted by molar-refractivity contribution is 5.94. The summed E-state index contributed by atoms with van der Waals surface area (Å²) in [6.45, 7) is 10.5. The summed E-state index contributed by atoms with van der Waals surface area (Å²) in [5.74, 6) is -0.275. The van der Waals surface area contributed by atoms with E-state index in [1.165, 1.54) is 7.11 Å². The van der Waals surface area contributed by atoms with Gasteiger partial charge in [0, 0.05) is 36.8 Å². The van der Waals surface area contributed by atoms with Gasteiger partial charge in [-0.2, -0.15) is 5.10 Å². The number of nitrogens with one attached hydrogen (secondary N) is 1. The van der Waals surface area contributed by atoms with E-state index in [2.05, 4.69) is 10.4 Å². The minimum Gasteiger partial charge on any atom is -0.469 e. The molecular weight excluding hydrogens is 448 g/mol. The van der Waals surface area contributed by atoms with E-state index >= 15 is 0 Å². The van der Waals surface area contributed by atoms with Gasteiger partial charge in [0.05, 0.1) is 18.5 Å². The minimum absolute atomic E-state index is 0.00400. The number of carbonyl (C=O) groups is 3. The summed E-state index contributed by atoms with van der Waals surface area (Å²) in [4.78, 5) is 38.3. The normalized spacial score (nSPS) is 14.5. The number of benzene rings is 1. The Hall–Kier alpha value is -3.36. The largest absolute Gasteiger partial charge is 0.469 e. The molecule has 0 bridgehead atoms. The lowest BCUT2D eigenvalue weighted by Gasteiger charge is -2.33. The van der Waals surface area contributed by atoms with Crippen LogP contribution in [0.4, 0.5) is 4.79 Å². The van der Waals surface area contributed by atoms with Crippen LogP contribution in [0, 0.1) is 13.8 Å². The Morgan fingerprint density at radius 3 is 2.29 bits per heavy atom. The number of nitrogens with zero attached hydrogens (tertiary/aromatic N) is 3. The van der Waals surface area contributed by atoms with Gasteiger partial charge in [-0.1, -0.05) is 0 Å². The molecule has 2 aromatic rings. The molecule has 0 spiro atoms. The van der Waals surface area contributed by atoms with Crippen LogP contribution in [0.25, 0.3) is 5.69 Å². The number of carbonyl (C=O) groups excluding carboxylic acids is 3. The smallest absolute Gasteiger partial charge is 0.407 e. The van der Waals surface area contributed by atoms with Crippen molar-refractivity contribution in [2.24, 2.45) is 0 Å². The molecule has 1 saturated heterocycles. The molecule has 1 aliphatic rings. The number of hydrogen-bond acceptors (Lipinski definition) is 6. The summed E-state index contributed by atoms with van der Waals surface area (Å²) in [5.41, 5.74) is 3.79. The standard InChI is InChI=1S/C26H36N4O5/c1-17-22(11-12-23(31)34-6)18(2)30(28-17)21-9-7-19(8-10-21)24(32)29-15-13-20(14-16-29)27-25(33)35-26(3,4)5/h7-10,20H,11-16H2,1-6H3,(H,27,33). The predicted molar refractivity (Wildman–Crippen MR) is 132 cm³/mol. The van der Waals surface area contributed by atoms with Gasteiger partial charge in [0.2, 0.25) is 0 Å². The first-order valence-corrected chi connectivity index (χ1v) is 12.0. The summed E-state index contributed by atoms with van der Waals surface area (Å²) in [6.07, 6.45) is 1.82. The zero-order chi connectivity index (χ0) is 25.8. The van der Waals surface area contributed by atoms with Crippen molar-refractivity contribution in [1.82, 2.24) is 20.0 Å². The molecule has 0 saturated carbocycles. The zero-order valence-corrected chi connectivity index (χ0v) is 21.5. The van der Waals surface area contributed by atoms with Gasteiger partial charge in [-0.25, -0.2) is 9.48 Å². The van der Waals surface area contributed by atoms with Crippen LogP contribution in [0.1, 0.15) is 67.3 Å². The van der Waals surface area contributed by atoms with E-state index in [0.717, 1.165) is 22.6 Å². The topological polar surface area (TPSA) is 103 Å². The lowest BCUT2D eigenvalue weighted by Crippen LogP contribution is -2.47. The number of methoxy groups -OCH3 is 1. The SMILES string of the molecule is COC(=O)CCc1c(C)nn(-c2ccc(C(=O)N3CCC(NC(=O)OC(C)(C)C)CC3)cc2)c1C. The van der Waals surface area contributed by atoms with Crippen molar-refractivity contribution in [2.45, 2.75) is 71.9 Å². The van der Waals surface area contributed by atoms with Crippen LogP contribution in [0.5, 0.6) is 0 Å². The molecule has 3 rings (SSSR count). The Balaban J connectivity index is 1.59. The Morgan fingerprint density at radius 2 is 1.71 bits per heavy atom. The number of alkyl carbamates (subject to hydrolysis) is 1. The van der Waals surface area contributed by atoms with E-state index in [-0.39, 0.29) is 17.9 Å². The highest BCUT2D eigenvalue weighted by atomic mass is 16.6. The third-order valence-corrected chi connectivity index (χ3v) is 6.11. The quantitative estimate of drug-likeness (QED) is 0.627. The molecule has 9 heteroatoms. The van der Waals surface area contributed by atoms with Crippen molar-refractivity contribution >= 4 is 18.0 Å². The van der Waals surface area contributed by atoms with Crippen molar-refractivity contribution in [2.75, 3.05) is 20.2 Å². The molecule has 0 unspecified atom stereocenters. The van der Waals surface area contributed by atoms with Crippen LogP contribution in [-0.4, -0.2) is 64.5 Å². The summed E-state index contributed by atoms with van der Waals surface area (Å²) in [6, 6.07) is 7.39. The molecule has 0 aliphatic carbocycles. The molecule has 1 fully saturated rings. The molecular formula is C26H36N4O5. The fourth-order valence-corrected chi connectivity index (χ4v) is 4.25. The number of esters is 1. The molecule has 1 aromatic heterocycles. The van der Waals surface area contributed by atoms with E-state index in [1.54, 1.807) is 0 Å². The number of aryl methyl sites for hydroxylation is 1. The number of aromatic nitrogens is 2. The van der Waals surface area contributed by atoms with Gasteiger partial charge in [-0.3, -0.25) is 9.59 Å². The molecule has 0 atom stereocenters. The highest BCUT2D eigenvalue weighted by Gasteiger charge is 2.26. The van der Waals surface area contributed by atoms with Gasteiger partial charge < -0.3 is 19.7 Å². The molecule has 2 heterocycles. The maximum atomic E-state index is 13.0. The first-order valence-electron chi connectivity index (χ1n) is 12.0. The van der Waals surface area contributed by atoms with Crippen LogP contribution in [0.2, 0.25) is 0 Å². The predicted octanol–water partition coefficient (Wildman–Crippen LogP) is 3.72. The summed E-state index contributed by atoms with van der Waals surface area (Å²) >= 11 is 0. The Labute approximate surface area is 206 Å². The maximum Gasteiger partial charge on any atom is 0.407 e. The second-order valence-corrected chi connectivity index (χ2v) is 9.90. The number of rotatable bonds is 6. The van der Waals surface area contributed by atoms with Crippen molar-refractivity contribution < 1.29 is 23.9 Å². The van der Waals surface area contributed by atoms with Crippen LogP contribution < -0.4 is 5.32 Å². The number of piperidine rings is 1. The summed E-state index contributed by atoms with van der Waals surface area (Å²) in [7, 11) is 1.39. The van der Waals surface area contributed by atoms with E-state index in [9.17, 15) is 14.4 Å². The van der Waals surface area contributed by atoms with Gasteiger partial charge in [-0.05, 0) is 83.7 Å². The van der Waals surface area contributed by atoms with Crippen molar-refractivity contribution in [1.29, 1.82) is 0 Å². The van der Waals surface area contributed by atoms with Crippen molar-refractivity contribution in [3.8, 4) is 5.69 Å². The average Bonchev–Trinajstić information content (AvgIpc) is 3.09. The van der Waals surface area contributed by atoms with Crippen molar-refractivity contribution in [3.05, 3.63) is 46.8 Å². The lowest BCUT2D eigenvalue weighted by molar-refractivity contribution is -0.140. The molecule has 2 amide bonds. The van der Waals surface area contributed by atoms with Gasteiger partial charge in [-0.15, -0.1) is 0 Å². The summed E-state index contributed by atoms with van der Waals surface area (Å²) < 4.78 is 11.9. The fraction of sp³-hybridized carbons (Fsp3) is 0.538. The fourth-order valence-electron chi connectivity index (χ4n) is 4.25. The number of amides is 2. The molecule has 9 nitrogen and oxygen atoms in total. The number of hydrogen-bond donors (Lipinski definition) is 1. The highest BCUT2D eigenvalue weighted by Crippen LogP contribution is 2.21. The molecule has 1 N–H and O–H groups in total. The molecule has 190 valence electrons. The molecule has 35 heavy (non-hydrogen) atoms. The van der Waals surface area contributed by atoms with Gasteiger partial charge in [0.15, 0.2) is 0 Å². The number of likely N-dealkylation sites (tertiary alicyclic amines) is 1. The molecule has 0 radical (unpaired) electrons. The average molecular weight is 485 g/mol. The van der Waals surface area contributed by atoms with E-state index in [0.29, 0.717) is 44.3 Å². The third kappa shape index (κ3) is 6.83.